The van der Waals surface area contributed by atoms with Crippen LogP contribution in [0.4, 0.5) is 4.79 Å². The lowest BCUT2D eigenvalue weighted by atomic mass is 9.81. The van der Waals surface area contributed by atoms with Crippen LogP contribution in [-0.4, -0.2) is 69.1 Å². The number of esters is 1. The Balaban J connectivity index is 2.85. The van der Waals surface area contributed by atoms with Crippen molar-refractivity contribution in [1.29, 1.82) is 0 Å². The Hall–Kier alpha value is -2.46. The molecular weight excluding hydrogens is 538 g/mol. The minimum absolute atomic E-state index is 0.0780. The quantitative estimate of drug-likeness (QED) is 0.101. The highest BCUT2D eigenvalue weighted by Gasteiger charge is 2.41. The largest absolute Gasteiger partial charge is 0.462 e. The van der Waals surface area contributed by atoms with Crippen LogP contribution in [-0.2, 0) is 14.3 Å². The molecule has 240 valence electrons. The summed E-state index contributed by atoms with van der Waals surface area (Å²) in [5.74, 6) is -2.37. The second kappa shape index (κ2) is 17.6. The maximum absolute atomic E-state index is 12.0. The van der Waals surface area contributed by atoms with Gasteiger partial charge in [-0.3, -0.25) is 4.79 Å². The van der Waals surface area contributed by atoms with Crippen molar-refractivity contribution < 1.29 is 39.5 Å². The molecule has 1 amide bonds. The normalized spacial score (nSPS) is 28.3. The molecule has 6 N–H and O–H groups in total. The van der Waals surface area contributed by atoms with Gasteiger partial charge in [0.2, 0.25) is 0 Å². The number of hydrogen-bond acceptors (Lipinski definition) is 8. The minimum atomic E-state index is -0.934. The maximum atomic E-state index is 12.0. The highest BCUT2D eigenvalue weighted by atomic mass is 16.6. The molecule has 1 heterocycles. The second-order valence-corrected chi connectivity index (χ2v) is 12.4. The van der Waals surface area contributed by atoms with Gasteiger partial charge in [-0.15, -0.1) is 0 Å². The first kappa shape index (κ1) is 37.6. The molecule has 0 bridgehead atoms. The fraction of sp³-hybridized carbons (Fsp3) is 0.697. The molecule has 9 heteroatoms. The van der Waals surface area contributed by atoms with Gasteiger partial charge < -0.3 is 35.6 Å². The van der Waals surface area contributed by atoms with Crippen molar-refractivity contribution in [3.8, 4) is 0 Å². The van der Waals surface area contributed by atoms with E-state index in [2.05, 4.69) is 13.5 Å². The molecule has 0 saturated carbocycles. The number of carbonyl (C=O) groups is 2. The molecule has 1 aliphatic heterocycles. The molecule has 1 aliphatic rings. The van der Waals surface area contributed by atoms with E-state index < -0.39 is 60.5 Å². The zero-order valence-electron chi connectivity index (χ0n) is 26.6. The second-order valence-electron chi connectivity index (χ2n) is 12.4. The number of hydrogen-bond donors (Lipinski definition) is 5. The Morgan fingerprint density at radius 3 is 2.26 bits per heavy atom. The average Bonchev–Trinajstić information content (AvgIpc) is 2.93. The predicted molar refractivity (Wildman–Crippen MR) is 164 cm³/mol. The number of amides is 1. The first-order chi connectivity index (χ1) is 19.5. The zero-order valence-corrected chi connectivity index (χ0v) is 26.6. The lowest BCUT2D eigenvalue weighted by Gasteiger charge is -2.36. The molecule has 0 aromatic heterocycles. The van der Waals surface area contributed by atoms with Crippen LogP contribution in [0.5, 0.6) is 0 Å². The fourth-order valence-corrected chi connectivity index (χ4v) is 5.80. The van der Waals surface area contributed by atoms with Gasteiger partial charge in [0, 0.05) is 30.1 Å². The summed E-state index contributed by atoms with van der Waals surface area (Å²) in [6.07, 6.45) is 5.94. The SMILES string of the molecule is C=CC=C[C@H](C)C[C@@H](C)[C@H](OC(N)=O)[C@@H](C)[C@H](O)C(C)=CC(C)[C@@H](O)[C@@H](C)C=C[C@@H](O)C[C@@H]1OC(=O)[C@H](C)[C@@H](O)[C@H]1C. The van der Waals surface area contributed by atoms with Gasteiger partial charge in [0.05, 0.1) is 30.3 Å². The van der Waals surface area contributed by atoms with Gasteiger partial charge in [0.1, 0.15) is 12.2 Å². The number of primary amides is 1. The third kappa shape index (κ3) is 11.3. The molecule has 0 aliphatic carbocycles. The molecule has 9 nitrogen and oxygen atoms in total. The molecule has 1 unspecified atom stereocenters. The number of rotatable bonds is 16. The van der Waals surface area contributed by atoms with E-state index in [4.69, 9.17) is 15.2 Å². The van der Waals surface area contributed by atoms with Crippen molar-refractivity contribution in [2.75, 3.05) is 0 Å². The van der Waals surface area contributed by atoms with E-state index in [1.165, 1.54) is 0 Å². The van der Waals surface area contributed by atoms with E-state index in [0.717, 1.165) is 0 Å². The first-order valence-corrected chi connectivity index (χ1v) is 15.1. The molecular formula is C33H55NO8. The number of allylic oxidation sites excluding steroid dienone is 3. The summed E-state index contributed by atoms with van der Waals surface area (Å²) in [5, 5.41) is 42.9. The van der Waals surface area contributed by atoms with E-state index in [1.54, 1.807) is 45.1 Å². The van der Waals surface area contributed by atoms with Crippen molar-refractivity contribution in [2.45, 2.75) is 105 Å². The van der Waals surface area contributed by atoms with Gasteiger partial charge in [0.25, 0.3) is 0 Å². The molecule has 13 atom stereocenters. The van der Waals surface area contributed by atoms with Crippen LogP contribution in [0.15, 0.2) is 48.6 Å². The number of carbonyl (C=O) groups excluding carboxylic acids is 2. The standard InChI is InChI=1S/C33H55NO8/c1-10-11-12-18(2)15-22(6)31(42-33(34)40)24(8)29(37)21(5)16-20(4)28(36)19(3)13-14-26(35)17-27-23(7)30(38)25(9)32(39)41-27/h10-14,16,18-20,22-31,35-38H,1,15,17H2,2-9H3,(H2,34,40)/t18-,19-,20?,22+,23-,24-,25+,26+,27-,28-,29+,30-,31-/m0/s1. The number of cyclic esters (lactones) is 1. The number of aliphatic hydroxyl groups is 4. The van der Waals surface area contributed by atoms with Crippen LogP contribution in [0.1, 0.15) is 68.2 Å². The monoisotopic (exact) mass is 593 g/mol. The first-order valence-electron chi connectivity index (χ1n) is 15.1. The van der Waals surface area contributed by atoms with Crippen LogP contribution in [0.25, 0.3) is 0 Å². The Bertz CT molecular complexity index is 962. The molecule has 1 fully saturated rings. The molecule has 1 saturated heterocycles. The van der Waals surface area contributed by atoms with Crippen LogP contribution in [0, 0.1) is 41.4 Å². The molecule has 42 heavy (non-hydrogen) atoms. The molecule has 0 spiro atoms. The van der Waals surface area contributed by atoms with Crippen molar-refractivity contribution in [2.24, 2.45) is 47.2 Å². The summed E-state index contributed by atoms with van der Waals surface area (Å²) in [5.41, 5.74) is 6.00. The van der Waals surface area contributed by atoms with Crippen LogP contribution < -0.4 is 5.73 Å². The Morgan fingerprint density at radius 1 is 1.07 bits per heavy atom. The molecule has 1 rings (SSSR count). The van der Waals surface area contributed by atoms with Crippen LogP contribution in [0.3, 0.4) is 0 Å². The minimum Gasteiger partial charge on any atom is -0.462 e. The number of nitrogens with two attached hydrogens (primary N) is 1. The highest BCUT2D eigenvalue weighted by molar-refractivity contribution is 5.73. The Kier molecular flexibility index (Phi) is 15.7. The van der Waals surface area contributed by atoms with Gasteiger partial charge in [0.15, 0.2) is 0 Å². The smallest absolute Gasteiger partial charge is 0.404 e. The Morgan fingerprint density at radius 2 is 1.69 bits per heavy atom. The number of aliphatic hydroxyl groups excluding tert-OH is 4. The summed E-state index contributed by atoms with van der Waals surface area (Å²) < 4.78 is 10.9. The summed E-state index contributed by atoms with van der Waals surface area (Å²) in [6.45, 7) is 18.4. The van der Waals surface area contributed by atoms with Crippen molar-refractivity contribution >= 4 is 12.1 Å². The fourth-order valence-electron chi connectivity index (χ4n) is 5.80. The van der Waals surface area contributed by atoms with Gasteiger partial charge in [-0.1, -0.05) is 84.6 Å². The third-order valence-electron chi connectivity index (χ3n) is 8.61. The molecule has 0 radical (unpaired) electrons. The van der Waals surface area contributed by atoms with Crippen LogP contribution >= 0.6 is 0 Å². The van der Waals surface area contributed by atoms with Gasteiger partial charge in [-0.05, 0) is 37.7 Å². The lowest BCUT2D eigenvalue weighted by molar-refractivity contribution is -0.179. The van der Waals surface area contributed by atoms with Crippen molar-refractivity contribution in [1.82, 2.24) is 0 Å². The maximum Gasteiger partial charge on any atom is 0.404 e. The summed E-state index contributed by atoms with van der Waals surface area (Å²) >= 11 is 0. The Labute approximate surface area is 252 Å². The zero-order chi connectivity index (χ0) is 32.3. The summed E-state index contributed by atoms with van der Waals surface area (Å²) in [4.78, 5) is 23.6. The number of ether oxygens (including phenoxy) is 2. The summed E-state index contributed by atoms with van der Waals surface area (Å²) in [6, 6.07) is 0. The van der Waals surface area contributed by atoms with E-state index >= 15 is 0 Å². The lowest BCUT2D eigenvalue weighted by Crippen LogP contribution is -2.47. The predicted octanol–water partition coefficient (Wildman–Crippen LogP) is 4.30. The van der Waals surface area contributed by atoms with Gasteiger partial charge in [-0.2, -0.15) is 0 Å². The third-order valence-corrected chi connectivity index (χ3v) is 8.61. The van der Waals surface area contributed by atoms with Crippen LogP contribution in [0.2, 0.25) is 0 Å². The highest BCUT2D eigenvalue weighted by Crippen LogP contribution is 2.31. The molecule has 0 aromatic carbocycles. The van der Waals surface area contributed by atoms with Crippen molar-refractivity contribution in [3.05, 3.63) is 48.6 Å². The van der Waals surface area contributed by atoms with Crippen molar-refractivity contribution in [3.63, 3.8) is 0 Å². The molecule has 0 aromatic rings. The van der Waals surface area contributed by atoms with Gasteiger partial charge >= 0.3 is 12.1 Å². The average molecular weight is 594 g/mol. The topological polar surface area (TPSA) is 160 Å². The summed E-state index contributed by atoms with van der Waals surface area (Å²) in [7, 11) is 0. The van der Waals surface area contributed by atoms with E-state index in [-0.39, 0.29) is 36.0 Å². The van der Waals surface area contributed by atoms with Gasteiger partial charge in [-0.25, -0.2) is 4.79 Å². The van der Waals surface area contributed by atoms with E-state index in [9.17, 15) is 30.0 Å². The van der Waals surface area contributed by atoms with E-state index in [1.807, 2.05) is 39.8 Å². The van der Waals surface area contributed by atoms with E-state index in [0.29, 0.717) is 12.0 Å².